The molecule has 1 aliphatic rings. The van der Waals surface area contributed by atoms with Crippen molar-refractivity contribution in [3.63, 3.8) is 0 Å². The Kier molecular flexibility index (Phi) is 6.78. The topological polar surface area (TPSA) is 72.9 Å². The first-order valence-electron chi connectivity index (χ1n) is 7.41. The summed E-state index contributed by atoms with van der Waals surface area (Å²) in [6, 6.07) is 0.225. The average Bonchev–Trinajstić information content (AvgIpc) is 2.43. The molecule has 0 aromatic carbocycles. The number of aliphatic carboxylic acids is 1. The van der Waals surface area contributed by atoms with Gasteiger partial charge in [-0.15, -0.1) is 0 Å². The van der Waals surface area contributed by atoms with Crippen molar-refractivity contribution in [2.45, 2.75) is 39.2 Å². The highest BCUT2D eigenvalue weighted by molar-refractivity contribution is 5.76. The first kappa shape index (κ1) is 16.8. The Balaban J connectivity index is 2.40. The normalized spacial score (nSPS) is 21.2. The molecule has 2 N–H and O–H groups in total. The van der Waals surface area contributed by atoms with E-state index in [0.29, 0.717) is 19.1 Å². The van der Waals surface area contributed by atoms with E-state index in [1.807, 2.05) is 6.92 Å². The largest absolute Gasteiger partial charge is 0.481 e. The fraction of sp³-hybridized carbons (Fsp3) is 0.857. The van der Waals surface area contributed by atoms with E-state index < -0.39 is 11.9 Å². The number of carboxylic acid groups (broad SMARTS) is 1. The van der Waals surface area contributed by atoms with Gasteiger partial charge in [0.05, 0.1) is 5.92 Å². The van der Waals surface area contributed by atoms with Crippen molar-refractivity contribution in [1.29, 1.82) is 0 Å². The van der Waals surface area contributed by atoms with Crippen molar-refractivity contribution in [1.82, 2.24) is 15.1 Å². The number of amides is 2. The minimum atomic E-state index is -0.872. The van der Waals surface area contributed by atoms with Gasteiger partial charge in [0.2, 0.25) is 0 Å². The van der Waals surface area contributed by atoms with E-state index in [-0.39, 0.29) is 12.6 Å². The lowest BCUT2D eigenvalue weighted by Gasteiger charge is -2.33. The molecule has 1 saturated heterocycles. The zero-order chi connectivity index (χ0) is 15.1. The molecule has 0 aromatic rings. The number of hydrogen-bond donors (Lipinski definition) is 2. The lowest BCUT2D eigenvalue weighted by atomic mass is 10.0. The summed E-state index contributed by atoms with van der Waals surface area (Å²) in [5, 5.41) is 11.8. The average molecular weight is 285 g/mol. The van der Waals surface area contributed by atoms with E-state index >= 15 is 0 Å². The van der Waals surface area contributed by atoms with Gasteiger partial charge in [0, 0.05) is 25.7 Å². The van der Waals surface area contributed by atoms with Crippen LogP contribution in [0.2, 0.25) is 0 Å². The van der Waals surface area contributed by atoms with Gasteiger partial charge >= 0.3 is 12.0 Å². The number of nitrogens with zero attached hydrogens (tertiary/aromatic N) is 2. The quantitative estimate of drug-likeness (QED) is 0.769. The summed E-state index contributed by atoms with van der Waals surface area (Å²) in [5.74, 6) is -1.42. The zero-order valence-electron chi connectivity index (χ0n) is 12.8. The van der Waals surface area contributed by atoms with Gasteiger partial charge in [-0.3, -0.25) is 4.79 Å². The van der Waals surface area contributed by atoms with Crippen LogP contribution in [-0.4, -0.2) is 66.2 Å². The first-order valence-corrected chi connectivity index (χ1v) is 7.41. The van der Waals surface area contributed by atoms with Crippen LogP contribution >= 0.6 is 0 Å². The van der Waals surface area contributed by atoms with Crippen LogP contribution in [0.1, 0.15) is 33.1 Å². The third kappa shape index (κ3) is 5.00. The van der Waals surface area contributed by atoms with Gasteiger partial charge in [-0.05, 0) is 33.4 Å². The summed E-state index contributed by atoms with van der Waals surface area (Å²) >= 11 is 0. The second-order valence-corrected chi connectivity index (χ2v) is 5.59. The fourth-order valence-electron chi connectivity index (χ4n) is 2.48. The molecule has 6 heteroatoms. The number of urea groups is 1. The first-order chi connectivity index (χ1) is 9.45. The van der Waals surface area contributed by atoms with Crippen LogP contribution in [0.25, 0.3) is 0 Å². The number of nitrogens with one attached hydrogen (secondary N) is 1. The van der Waals surface area contributed by atoms with Gasteiger partial charge in [-0.25, -0.2) is 4.79 Å². The fourth-order valence-corrected chi connectivity index (χ4v) is 2.48. The van der Waals surface area contributed by atoms with Crippen molar-refractivity contribution >= 4 is 12.0 Å². The molecular formula is C14H27N3O3. The lowest BCUT2D eigenvalue weighted by molar-refractivity contribution is -0.141. The van der Waals surface area contributed by atoms with Crippen LogP contribution in [0.5, 0.6) is 0 Å². The summed E-state index contributed by atoms with van der Waals surface area (Å²) < 4.78 is 0. The van der Waals surface area contributed by atoms with Crippen LogP contribution in [0.4, 0.5) is 4.79 Å². The van der Waals surface area contributed by atoms with Crippen LogP contribution in [0, 0.1) is 5.92 Å². The highest BCUT2D eigenvalue weighted by atomic mass is 16.4. The second-order valence-electron chi connectivity index (χ2n) is 5.59. The second kappa shape index (κ2) is 8.09. The predicted octanol–water partition coefficient (Wildman–Crippen LogP) is 1.22. The molecule has 1 fully saturated rings. The molecule has 0 saturated carbocycles. The Hall–Kier alpha value is -1.30. The molecule has 2 atom stereocenters. The van der Waals surface area contributed by atoms with Crippen molar-refractivity contribution < 1.29 is 14.7 Å². The van der Waals surface area contributed by atoms with Crippen molar-refractivity contribution in [3.05, 3.63) is 0 Å². The van der Waals surface area contributed by atoms with Gasteiger partial charge in [-0.2, -0.15) is 0 Å². The number of piperidine rings is 1. The van der Waals surface area contributed by atoms with Crippen LogP contribution in [0.15, 0.2) is 0 Å². The third-order valence-corrected chi connectivity index (χ3v) is 4.00. The maximum Gasteiger partial charge on any atom is 0.317 e. The van der Waals surface area contributed by atoms with E-state index in [1.165, 1.54) is 12.8 Å². The van der Waals surface area contributed by atoms with Crippen LogP contribution in [0.3, 0.4) is 0 Å². The monoisotopic (exact) mass is 285 g/mol. The smallest absolute Gasteiger partial charge is 0.317 e. The summed E-state index contributed by atoms with van der Waals surface area (Å²) in [4.78, 5) is 26.8. The van der Waals surface area contributed by atoms with E-state index in [1.54, 1.807) is 11.8 Å². The molecule has 116 valence electrons. The van der Waals surface area contributed by atoms with Crippen molar-refractivity contribution in [2.75, 3.05) is 33.2 Å². The SMILES string of the molecule is CCN(CC(C)C(=O)O)C(=O)NCC1CCCCN1C. The standard InChI is InChI=1S/C14H27N3O3/c1-4-17(10-11(2)13(18)19)14(20)15-9-12-7-5-6-8-16(12)3/h11-12H,4-10H2,1-3H3,(H,15,20)(H,18,19). The van der Waals surface area contributed by atoms with Crippen LogP contribution in [-0.2, 0) is 4.79 Å². The van der Waals surface area contributed by atoms with Gasteiger partial charge < -0.3 is 20.2 Å². The highest BCUT2D eigenvalue weighted by Gasteiger charge is 2.22. The Morgan fingerprint density at radius 1 is 1.45 bits per heavy atom. The molecule has 0 bridgehead atoms. The minimum Gasteiger partial charge on any atom is -0.481 e. The summed E-state index contributed by atoms with van der Waals surface area (Å²) in [6.45, 7) is 5.96. The van der Waals surface area contributed by atoms with Crippen LogP contribution < -0.4 is 5.32 Å². The number of carboxylic acids is 1. The molecule has 2 unspecified atom stereocenters. The number of likely N-dealkylation sites (tertiary alicyclic amines) is 1. The van der Waals surface area contributed by atoms with Crippen molar-refractivity contribution in [3.8, 4) is 0 Å². The molecule has 1 rings (SSSR count). The Morgan fingerprint density at radius 2 is 2.15 bits per heavy atom. The van der Waals surface area contributed by atoms with Gasteiger partial charge in [0.1, 0.15) is 0 Å². The van der Waals surface area contributed by atoms with Gasteiger partial charge in [0.15, 0.2) is 0 Å². The van der Waals surface area contributed by atoms with Gasteiger partial charge in [0.25, 0.3) is 0 Å². The molecule has 6 nitrogen and oxygen atoms in total. The van der Waals surface area contributed by atoms with Crippen molar-refractivity contribution in [2.24, 2.45) is 5.92 Å². The summed E-state index contributed by atoms with van der Waals surface area (Å²) in [6.07, 6.45) is 3.53. The number of likely N-dealkylation sites (N-methyl/N-ethyl adjacent to an activating group) is 1. The molecule has 0 aromatic heterocycles. The molecular weight excluding hydrogens is 258 g/mol. The predicted molar refractivity (Wildman–Crippen MR) is 77.7 cm³/mol. The summed E-state index contributed by atoms with van der Waals surface area (Å²) in [7, 11) is 2.08. The number of carbonyl (C=O) groups is 2. The molecule has 1 aliphatic heterocycles. The lowest BCUT2D eigenvalue weighted by Crippen LogP contribution is -2.49. The molecule has 0 aliphatic carbocycles. The zero-order valence-corrected chi connectivity index (χ0v) is 12.8. The molecule has 0 radical (unpaired) electrons. The Labute approximate surface area is 121 Å². The van der Waals surface area contributed by atoms with E-state index in [0.717, 1.165) is 13.0 Å². The molecule has 20 heavy (non-hydrogen) atoms. The van der Waals surface area contributed by atoms with Gasteiger partial charge in [-0.1, -0.05) is 13.3 Å². The molecule has 1 heterocycles. The Bertz CT molecular complexity index is 336. The van der Waals surface area contributed by atoms with E-state index in [2.05, 4.69) is 17.3 Å². The maximum atomic E-state index is 12.1. The summed E-state index contributed by atoms with van der Waals surface area (Å²) in [5.41, 5.74) is 0. The minimum absolute atomic E-state index is 0.167. The molecule has 0 spiro atoms. The Morgan fingerprint density at radius 3 is 2.70 bits per heavy atom. The van der Waals surface area contributed by atoms with E-state index in [4.69, 9.17) is 5.11 Å². The molecule has 2 amide bonds. The highest BCUT2D eigenvalue weighted by Crippen LogP contribution is 2.14. The maximum absolute atomic E-state index is 12.1. The number of carbonyl (C=O) groups excluding carboxylic acids is 1. The van der Waals surface area contributed by atoms with E-state index in [9.17, 15) is 9.59 Å². The third-order valence-electron chi connectivity index (χ3n) is 4.00. The number of rotatable bonds is 6. The number of hydrogen-bond acceptors (Lipinski definition) is 3.